The first-order chi connectivity index (χ1) is 13.0. The van der Waals surface area contributed by atoms with E-state index in [-0.39, 0.29) is 16.6 Å². The molecule has 1 N–H and O–H groups in total. The highest BCUT2D eigenvalue weighted by atomic mass is 35.5. The fourth-order valence-corrected chi connectivity index (χ4v) is 3.83. The lowest BCUT2D eigenvalue weighted by molar-refractivity contribution is 0.0909. The van der Waals surface area contributed by atoms with E-state index < -0.39 is 11.7 Å². The van der Waals surface area contributed by atoms with Crippen LogP contribution in [0.25, 0.3) is 0 Å². The maximum absolute atomic E-state index is 14.0. The average Bonchev–Trinajstić information content (AvgIpc) is 2.64. The van der Waals surface area contributed by atoms with Gasteiger partial charge >= 0.3 is 0 Å². The van der Waals surface area contributed by atoms with Gasteiger partial charge < -0.3 is 5.32 Å². The molecule has 2 aromatic rings. The lowest BCUT2D eigenvalue weighted by atomic mass is 9.95. The van der Waals surface area contributed by atoms with Crippen molar-refractivity contribution in [1.82, 2.24) is 10.2 Å². The molecule has 144 valence electrons. The van der Waals surface area contributed by atoms with Crippen LogP contribution in [0.1, 0.15) is 47.3 Å². The summed E-state index contributed by atoms with van der Waals surface area (Å²) in [5, 5.41) is 3.03. The summed E-state index contributed by atoms with van der Waals surface area (Å²) < 4.78 is 14.0. The van der Waals surface area contributed by atoms with Crippen LogP contribution in [0.4, 0.5) is 4.39 Å². The molecule has 3 nitrogen and oxygen atoms in total. The smallest absolute Gasteiger partial charge is 0.255 e. The van der Waals surface area contributed by atoms with Crippen LogP contribution in [0.3, 0.4) is 0 Å². The van der Waals surface area contributed by atoms with Gasteiger partial charge in [0.2, 0.25) is 0 Å². The number of hydrogen-bond acceptors (Lipinski definition) is 2. The minimum Gasteiger partial charge on any atom is -0.350 e. The number of nitrogens with one attached hydrogen (secondary N) is 1. The fraction of sp³-hybridized carbons (Fsp3) is 0.409. The molecule has 27 heavy (non-hydrogen) atoms. The first-order valence-corrected chi connectivity index (χ1v) is 9.86. The maximum atomic E-state index is 14.0. The Labute approximate surface area is 165 Å². The molecule has 1 fully saturated rings. The van der Waals surface area contributed by atoms with Crippen molar-refractivity contribution in [3.63, 3.8) is 0 Å². The third-order valence-electron chi connectivity index (χ3n) is 5.37. The number of nitrogens with zero attached hydrogens (tertiary/aromatic N) is 1. The quantitative estimate of drug-likeness (QED) is 0.782. The number of aryl methyl sites for hydroxylation is 1. The number of carbonyl (C=O) groups is 1. The van der Waals surface area contributed by atoms with Crippen molar-refractivity contribution in [1.29, 1.82) is 0 Å². The number of piperidine rings is 1. The lowest BCUT2D eigenvalue weighted by Crippen LogP contribution is -2.42. The van der Waals surface area contributed by atoms with Crippen LogP contribution in [0.2, 0.25) is 5.02 Å². The highest BCUT2D eigenvalue weighted by Crippen LogP contribution is 2.27. The highest BCUT2D eigenvalue weighted by molar-refractivity contribution is 6.33. The summed E-state index contributed by atoms with van der Waals surface area (Å²) in [7, 11) is 0. The Morgan fingerprint density at radius 3 is 2.52 bits per heavy atom. The minimum atomic E-state index is -0.598. The average molecular weight is 389 g/mol. The predicted molar refractivity (Wildman–Crippen MR) is 108 cm³/mol. The lowest BCUT2D eigenvalue weighted by Gasteiger charge is -2.37. The van der Waals surface area contributed by atoms with E-state index in [0.29, 0.717) is 6.54 Å². The van der Waals surface area contributed by atoms with Gasteiger partial charge in [-0.25, -0.2) is 4.39 Å². The minimum absolute atomic E-state index is 0.0626. The Morgan fingerprint density at radius 1 is 1.22 bits per heavy atom. The number of rotatable bonds is 5. The molecule has 0 aromatic heterocycles. The topological polar surface area (TPSA) is 32.3 Å². The number of halogens is 2. The van der Waals surface area contributed by atoms with Crippen LogP contribution in [0.15, 0.2) is 42.5 Å². The third kappa shape index (κ3) is 4.88. The second-order valence-electron chi connectivity index (χ2n) is 7.45. The Morgan fingerprint density at radius 2 is 1.89 bits per heavy atom. The molecule has 1 unspecified atom stereocenters. The van der Waals surface area contributed by atoms with E-state index >= 15 is 0 Å². The molecule has 1 heterocycles. The number of amides is 1. The molecule has 1 aliphatic rings. The van der Waals surface area contributed by atoms with Crippen LogP contribution in [-0.2, 0) is 0 Å². The van der Waals surface area contributed by atoms with Crippen molar-refractivity contribution >= 4 is 17.5 Å². The summed E-state index contributed by atoms with van der Waals surface area (Å²) in [6.45, 7) is 6.75. The van der Waals surface area contributed by atoms with E-state index in [1.807, 2.05) is 0 Å². The van der Waals surface area contributed by atoms with Gasteiger partial charge in [0, 0.05) is 6.54 Å². The summed E-state index contributed by atoms with van der Waals surface area (Å²) in [6.07, 6.45) is 2.30. The van der Waals surface area contributed by atoms with Crippen LogP contribution in [-0.4, -0.2) is 30.4 Å². The molecule has 0 saturated carbocycles. The Bertz CT molecular complexity index is 765. The molecule has 2 aromatic carbocycles. The van der Waals surface area contributed by atoms with Crippen molar-refractivity contribution in [3.8, 4) is 0 Å². The summed E-state index contributed by atoms with van der Waals surface area (Å²) in [5.41, 5.74) is 2.27. The molecule has 1 atom stereocenters. The number of hydrogen-bond donors (Lipinski definition) is 1. The van der Waals surface area contributed by atoms with Crippen molar-refractivity contribution < 1.29 is 9.18 Å². The van der Waals surface area contributed by atoms with Gasteiger partial charge in [-0.1, -0.05) is 54.4 Å². The largest absolute Gasteiger partial charge is 0.350 e. The summed E-state index contributed by atoms with van der Waals surface area (Å²) in [4.78, 5) is 15.0. The molecule has 0 bridgehead atoms. The van der Waals surface area contributed by atoms with Gasteiger partial charge in [0.1, 0.15) is 5.82 Å². The van der Waals surface area contributed by atoms with Gasteiger partial charge in [0.05, 0.1) is 16.6 Å². The molecule has 5 heteroatoms. The molecule has 1 aliphatic heterocycles. The zero-order chi connectivity index (χ0) is 19.4. The predicted octanol–water partition coefficient (Wildman–Crippen LogP) is 4.99. The molecule has 0 radical (unpaired) electrons. The summed E-state index contributed by atoms with van der Waals surface area (Å²) in [5.74, 6) is -0.342. The van der Waals surface area contributed by atoms with Crippen molar-refractivity contribution in [2.24, 2.45) is 5.92 Å². The van der Waals surface area contributed by atoms with E-state index in [4.69, 9.17) is 11.6 Å². The normalized spacial score (nSPS) is 16.9. The third-order valence-corrected chi connectivity index (χ3v) is 5.68. The zero-order valence-corrected chi connectivity index (χ0v) is 16.6. The van der Waals surface area contributed by atoms with E-state index in [9.17, 15) is 9.18 Å². The maximum Gasteiger partial charge on any atom is 0.255 e. The van der Waals surface area contributed by atoms with Crippen molar-refractivity contribution in [2.45, 2.75) is 32.7 Å². The van der Waals surface area contributed by atoms with E-state index in [1.54, 1.807) is 0 Å². The zero-order valence-electron chi connectivity index (χ0n) is 15.8. The molecule has 0 aliphatic carbocycles. The highest BCUT2D eigenvalue weighted by Gasteiger charge is 2.26. The second-order valence-corrected chi connectivity index (χ2v) is 7.86. The standard InChI is InChI=1S/C22H26ClFN2O/c1-15-6-8-17(9-7-15)20(26-12-10-16(2)11-13-26)14-25-22(27)21-18(23)4-3-5-19(21)24/h3-9,16,20H,10-14H2,1-2H3,(H,25,27). The number of carbonyl (C=O) groups excluding carboxylic acids is 1. The number of benzene rings is 2. The molecule has 3 rings (SSSR count). The molecular formula is C22H26ClFN2O. The van der Waals surface area contributed by atoms with Crippen molar-refractivity contribution in [3.05, 3.63) is 70.0 Å². The van der Waals surface area contributed by atoms with Gasteiger partial charge in [-0.3, -0.25) is 9.69 Å². The Hall–Kier alpha value is -1.91. The fourth-order valence-electron chi connectivity index (χ4n) is 3.58. The van der Waals surface area contributed by atoms with Crippen LogP contribution in [0.5, 0.6) is 0 Å². The molecule has 0 spiro atoms. The van der Waals surface area contributed by atoms with Gasteiger partial charge in [-0.05, 0) is 56.5 Å². The van der Waals surface area contributed by atoms with Gasteiger partial charge in [-0.2, -0.15) is 0 Å². The second kappa shape index (κ2) is 8.85. The first-order valence-electron chi connectivity index (χ1n) is 9.48. The van der Waals surface area contributed by atoms with Gasteiger partial charge in [-0.15, -0.1) is 0 Å². The molecular weight excluding hydrogens is 363 g/mol. The van der Waals surface area contributed by atoms with Crippen molar-refractivity contribution in [2.75, 3.05) is 19.6 Å². The van der Waals surface area contributed by atoms with Gasteiger partial charge in [0.25, 0.3) is 5.91 Å². The summed E-state index contributed by atoms with van der Waals surface area (Å²) in [6, 6.07) is 12.7. The van der Waals surface area contributed by atoms with Crippen LogP contribution in [0, 0.1) is 18.7 Å². The van der Waals surface area contributed by atoms with Crippen LogP contribution >= 0.6 is 11.6 Å². The molecule has 1 saturated heterocycles. The Kier molecular flexibility index (Phi) is 6.51. The first kappa shape index (κ1) is 19.8. The number of likely N-dealkylation sites (tertiary alicyclic amines) is 1. The van der Waals surface area contributed by atoms with E-state index in [1.165, 1.54) is 23.8 Å². The van der Waals surface area contributed by atoms with E-state index in [2.05, 4.69) is 48.3 Å². The van der Waals surface area contributed by atoms with E-state index in [0.717, 1.165) is 37.4 Å². The Balaban J connectivity index is 1.77. The SMILES string of the molecule is Cc1ccc(C(CNC(=O)c2c(F)cccc2Cl)N2CCC(C)CC2)cc1. The molecule has 1 amide bonds. The van der Waals surface area contributed by atoms with Crippen LogP contribution < -0.4 is 5.32 Å². The summed E-state index contributed by atoms with van der Waals surface area (Å²) >= 11 is 6.03. The monoisotopic (exact) mass is 388 g/mol. The van der Waals surface area contributed by atoms with Gasteiger partial charge in [0.15, 0.2) is 0 Å².